The molecule has 0 spiro atoms. The Kier molecular flexibility index (Phi) is 5.79. The lowest BCUT2D eigenvalue weighted by molar-refractivity contribution is -0.140. The maximum absolute atomic E-state index is 11.8. The van der Waals surface area contributed by atoms with Gasteiger partial charge in [0.1, 0.15) is 6.61 Å². The van der Waals surface area contributed by atoms with Crippen LogP contribution in [0, 0.1) is 12.8 Å². The molecule has 1 aliphatic rings. The summed E-state index contributed by atoms with van der Waals surface area (Å²) >= 11 is 0. The molecule has 0 radical (unpaired) electrons. The van der Waals surface area contributed by atoms with Gasteiger partial charge in [-0.15, -0.1) is 0 Å². The topological polar surface area (TPSA) is 66.8 Å². The minimum Gasteiger partial charge on any atom is -0.481 e. The van der Waals surface area contributed by atoms with Crippen LogP contribution in [0.2, 0.25) is 0 Å². The Hall–Kier alpha value is -2.30. The van der Waals surface area contributed by atoms with Gasteiger partial charge in [-0.1, -0.05) is 42.5 Å². The van der Waals surface area contributed by atoms with Crippen LogP contribution in [0.3, 0.4) is 0 Å². The molecule has 1 unspecified atom stereocenters. The average Bonchev–Trinajstić information content (AvgIpc) is 2.53. The summed E-state index contributed by atoms with van der Waals surface area (Å²) in [5, 5.41) is 9.64. The van der Waals surface area contributed by atoms with Crippen molar-refractivity contribution in [1.29, 1.82) is 0 Å². The third kappa shape index (κ3) is 4.34. The van der Waals surface area contributed by atoms with E-state index in [1.807, 2.05) is 31.2 Å². The Labute approximate surface area is 136 Å². The second-order valence-corrected chi connectivity index (χ2v) is 5.92. The molecule has 0 saturated carbocycles. The molecule has 0 aromatic heterocycles. The molecule has 0 aliphatic carbocycles. The van der Waals surface area contributed by atoms with Gasteiger partial charge in [-0.25, -0.2) is 4.79 Å². The van der Waals surface area contributed by atoms with Gasteiger partial charge in [0.2, 0.25) is 0 Å². The van der Waals surface area contributed by atoms with E-state index >= 15 is 0 Å². The second-order valence-electron chi connectivity index (χ2n) is 5.92. The van der Waals surface area contributed by atoms with E-state index in [1.165, 1.54) is 6.08 Å². The summed E-state index contributed by atoms with van der Waals surface area (Å²) in [5.41, 5.74) is 1.89. The van der Waals surface area contributed by atoms with Crippen LogP contribution >= 0.6 is 0 Å². The first-order valence-corrected chi connectivity index (χ1v) is 7.85. The van der Waals surface area contributed by atoms with Crippen LogP contribution in [0.4, 0.5) is 4.79 Å². The number of carbonyl (C=O) groups is 2. The molecule has 2 rings (SSSR count). The quantitative estimate of drug-likeness (QED) is 0.847. The first-order chi connectivity index (χ1) is 11.0. The van der Waals surface area contributed by atoms with Crippen molar-refractivity contribution in [3.8, 4) is 0 Å². The number of piperidine rings is 1. The highest BCUT2D eigenvalue weighted by Gasteiger charge is 2.34. The summed E-state index contributed by atoms with van der Waals surface area (Å²) in [6, 6.07) is 7.66. The van der Waals surface area contributed by atoms with Gasteiger partial charge in [-0.2, -0.15) is 0 Å². The minimum absolute atomic E-state index is 0.0257. The number of amides is 1. The minimum atomic E-state index is -0.803. The number of hydrogen-bond acceptors (Lipinski definition) is 3. The van der Waals surface area contributed by atoms with E-state index in [9.17, 15) is 14.7 Å². The predicted molar refractivity (Wildman–Crippen MR) is 87.4 cm³/mol. The van der Waals surface area contributed by atoms with Crippen LogP contribution in [0.15, 0.2) is 36.9 Å². The van der Waals surface area contributed by atoms with Crippen molar-refractivity contribution < 1.29 is 19.4 Å². The van der Waals surface area contributed by atoms with Crippen LogP contribution in [0.1, 0.15) is 29.9 Å². The number of hydrogen-bond donors (Lipinski definition) is 1. The first kappa shape index (κ1) is 17.1. The van der Waals surface area contributed by atoms with E-state index in [1.54, 1.807) is 4.90 Å². The molecule has 1 amide bonds. The number of nitrogens with zero attached hydrogens (tertiary/aromatic N) is 1. The number of carbonyl (C=O) groups excluding carboxylic acids is 1. The third-order valence-electron chi connectivity index (χ3n) is 4.26. The molecule has 5 heteroatoms. The molecule has 1 atom stereocenters. The van der Waals surface area contributed by atoms with Crippen molar-refractivity contribution in [3.05, 3.63) is 48.0 Å². The first-order valence-electron chi connectivity index (χ1n) is 7.85. The zero-order valence-corrected chi connectivity index (χ0v) is 13.4. The summed E-state index contributed by atoms with van der Waals surface area (Å²) in [6.07, 6.45) is 2.50. The molecule has 1 aromatic carbocycles. The molecule has 1 heterocycles. The maximum atomic E-state index is 11.8. The smallest absolute Gasteiger partial charge is 0.410 e. The Bertz CT molecular complexity index is 576. The van der Waals surface area contributed by atoms with Crippen LogP contribution in [-0.4, -0.2) is 41.8 Å². The van der Waals surface area contributed by atoms with Crippen LogP contribution < -0.4 is 0 Å². The van der Waals surface area contributed by atoms with Gasteiger partial charge in [0.25, 0.3) is 0 Å². The third-order valence-corrected chi connectivity index (χ3v) is 4.26. The van der Waals surface area contributed by atoms with E-state index in [-0.39, 0.29) is 18.6 Å². The number of aliphatic carboxylic acids is 1. The number of carboxylic acid groups (broad SMARTS) is 1. The monoisotopic (exact) mass is 317 g/mol. The van der Waals surface area contributed by atoms with Gasteiger partial charge in [0, 0.05) is 13.1 Å². The Morgan fingerprint density at radius 2 is 2.13 bits per heavy atom. The van der Waals surface area contributed by atoms with E-state index in [0.29, 0.717) is 25.9 Å². The number of rotatable bonds is 5. The molecule has 5 nitrogen and oxygen atoms in total. The van der Waals surface area contributed by atoms with E-state index in [4.69, 9.17) is 4.74 Å². The summed E-state index contributed by atoms with van der Waals surface area (Å²) < 4.78 is 5.03. The predicted octanol–water partition coefficient (Wildman–Crippen LogP) is 3.20. The summed E-state index contributed by atoms with van der Waals surface area (Å²) in [4.78, 5) is 25.2. The average molecular weight is 317 g/mol. The van der Waals surface area contributed by atoms with Crippen molar-refractivity contribution in [2.24, 2.45) is 5.92 Å². The molecular formula is C18H23NO4. The number of likely N-dealkylation sites (tertiary alicyclic amines) is 1. The Balaban J connectivity index is 2.02. The lowest BCUT2D eigenvalue weighted by Crippen LogP contribution is -2.41. The highest BCUT2D eigenvalue weighted by molar-refractivity contribution is 5.76. The van der Waals surface area contributed by atoms with Gasteiger partial charge in [0.15, 0.2) is 0 Å². The highest BCUT2D eigenvalue weighted by atomic mass is 16.6. The van der Waals surface area contributed by atoms with Gasteiger partial charge in [0.05, 0.1) is 5.92 Å². The van der Waals surface area contributed by atoms with Crippen LogP contribution in [-0.2, 0) is 9.53 Å². The fourth-order valence-electron chi connectivity index (χ4n) is 3.12. The SMILES string of the molecule is C=CCOC(=O)N1CCC(C(C(=O)O)c2cccc(C)c2)CC1. The molecule has 23 heavy (non-hydrogen) atoms. The maximum Gasteiger partial charge on any atom is 0.410 e. The summed E-state index contributed by atoms with van der Waals surface area (Å²) in [7, 11) is 0. The fourth-order valence-corrected chi connectivity index (χ4v) is 3.12. The van der Waals surface area contributed by atoms with Crippen molar-refractivity contribution in [3.63, 3.8) is 0 Å². The number of carboxylic acids is 1. The Morgan fingerprint density at radius 3 is 2.70 bits per heavy atom. The standard InChI is InChI=1S/C18H23NO4/c1-3-11-23-18(22)19-9-7-14(8-10-19)16(17(20)21)15-6-4-5-13(2)12-15/h3-6,12,14,16H,1,7-11H2,2H3,(H,20,21). The number of ether oxygens (including phenoxy) is 1. The van der Waals surface area contributed by atoms with Gasteiger partial charge < -0.3 is 14.7 Å². The number of aryl methyl sites for hydroxylation is 1. The van der Waals surface area contributed by atoms with Crippen molar-refractivity contribution in [2.45, 2.75) is 25.7 Å². The normalized spacial score (nSPS) is 16.7. The molecule has 1 N–H and O–H groups in total. The van der Waals surface area contributed by atoms with Crippen molar-refractivity contribution in [2.75, 3.05) is 19.7 Å². The highest BCUT2D eigenvalue weighted by Crippen LogP contribution is 2.33. The van der Waals surface area contributed by atoms with E-state index in [0.717, 1.165) is 11.1 Å². The molecule has 1 saturated heterocycles. The molecular weight excluding hydrogens is 294 g/mol. The number of benzene rings is 1. The van der Waals surface area contributed by atoms with Crippen LogP contribution in [0.25, 0.3) is 0 Å². The lowest BCUT2D eigenvalue weighted by atomic mass is 9.80. The Morgan fingerprint density at radius 1 is 1.43 bits per heavy atom. The van der Waals surface area contributed by atoms with E-state index < -0.39 is 11.9 Å². The second kappa shape index (κ2) is 7.81. The van der Waals surface area contributed by atoms with E-state index in [2.05, 4.69) is 6.58 Å². The zero-order valence-electron chi connectivity index (χ0n) is 13.4. The lowest BCUT2D eigenvalue weighted by Gasteiger charge is -2.34. The molecule has 124 valence electrons. The van der Waals surface area contributed by atoms with Crippen LogP contribution in [0.5, 0.6) is 0 Å². The summed E-state index contributed by atoms with van der Waals surface area (Å²) in [5.74, 6) is -1.30. The van der Waals surface area contributed by atoms with Gasteiger partial charge in [-0.3, -0.25) is 4.79 Å². The van der Waals surface area contributed by atoms with Gasteiger partial charge in [-0.05, 0) is 31.2 Å². The zero-order chi connectivity index (χ0) is 16.8. The van der Waals surface area contributed by atoms with Crippen molar-refractivity contribution >= 4 is 12.1 Å². The molecule has 1 aliphatic heterocycles. The van der Waals surface area contributed by atoms with Gasteiger partial charge >= 0.3 is 12.1 Å². The van der Waals surface area contributed by atoms with Crippen molar-refractivity contribution in [1.82, 2.24) is 4.90 Å². The summed E-state index contributed by atoms with van der Waals surface area (Å²) in [6.45, 7) is 6.71. The fraction of sp³-hybridized carbons (Fsp3) is 0.444. The molecule has 1 aromatic rings. The molecule has 1 fully saturated rings. The largest absolute Gasteiger partial charge is 0.481 e. The molecule has 0 bridgehead atoms.